The number of carbonyl (C=O) groups excluding carboxylic acids is 2. The van der Waals surface area contributed by atoms with Gasteiger partial charge in [0.15, 0.2) is 6.17 Å². The van der Waals surface area contributed by atoms with Gasteiger partial charge in [-0.2, -0.15) is 5.06 Å². The van der Waals surface area contributed by atoms with Gasteiger partial charge in [0, 0.05) is 28.0 Å². The van der Waals surface area contributed by atoms with Gasteiger partial charge in [0.25, 0.3) is 0 Å². The molecule has 9 heteroatoms. The second-order valence-corrected chi connectivity index (χ2v) is 8.82. The average molecular weight is 465 g/mol. The Morgan fingerprint density at radius 2 is 1.65 bits per heavy atom. The molecule has 166 valence electrons. The number of hydrogen-bond acceptors (Lipinski definition) is 3. The van der Waals surface area contributed by atoms with Gasteiger partial charge >= 0.3 is 12.1 Å². The molecule has 0 aromatic heterocycles. The van der Waals surface area contributed by atoms with Gasteiger partial charge in [-0.05, 0) is 68.8 Å². The fourth-order valence-corrected chi connectivity index (χ4v) is 3.98. The topological polar surface area (TPSA) is 76.1 Å². The number of nitrogens with one attached hydrogen (secondary N) is 1. The number of carbonyl (C=O) groups is 2. The zero-order valence-electron chi connectivity index (χ0n) is 17.7. The van der Waals surface area contributed by atoms with Crippen molar-refractivity contribution < 1.29 is 14.8 Å². The van der Waals surface area contributed by atoms with Crippen LogP contribution in [-0.2, 0) is 0 Å². The molecule has 0 saturated carbocycles. The normalized spacial score (nSPS) is 17.7. The van der Waals surface area contributed by atoms with Crippen LogP contribution in [0.4, 0.5) is 21.0 Å². The summed E-state index contributed by atoms with van der Waals surface area (Å²) in [7, 11) is 0. The number of hydrogen-bond donors (Lipinski definition) is 2. The van der Waals surface area contributed by atoms with Crippen molar-refractivity contribution in [3.05, 3.63) is 58.6 Å². The molecule has 0 aliphatic carbocycles. The summed E-state index contributed by atoms with van der Waals surface area (Å²) in [6.45, 7) is 6.22. The minimum atomic E-state index is -0.967. The number of rotatable bonds is 6. The van der Waals surface area contributed by atoms with Crippen molar-refractivity contribution in [3.8, 4) is 0 Å². The lowest BCUT2D eigenvalue weighted by atomic mass is 9.99. The number of urea groups is 2. The monoisotopic (exact) mass is 464 g/mol. The lowest BCUT2D eigenvalue weighted by Crippen LogP contribution is -2.58. The molecule has 1 heterocycles. The molecule has 1 atom stereocenters. The number of halogens is 2. The van der Waals surface area contributed by atoms with Gasteiger partial charge in [-0.25, -0.2) is 9.59 Å². The Morgan fingerprint density at radius 3 is 2.19 bits per heavy atom. The summed E-state index contributed by atoms with van der Waals surface area (Å²) >= 11 is 11.9. The molecule has 1 saturated heterocycles. The second-order valence-electron chi connectivity index (χ2n) is 7.94. The highest BCUT2D eigenvalue weighted by Gasteiger charge is 2.55. The predicted molar refractivity (Wildman–Crippen MR) is 123 cm³/mol. The van der Waals surface area contributed by atoms with Crippen LogP contribution in [0, 0.1) is 0 Å². The Bertz CT molecular complexity index is 935. The van der Waals surface area contributed by atoms with E-state index in [9.17, 15) is 14.8 Å². The third-order valence-electron chi connectivity index (χ3n) is 5.38. The molecule has 2 aromatic rings. The maximum atomic E-state index is 13.4. The molecule has 2 N–H and O–H groups in total. The first-order valence-electron chi connectivity index (χ1n) is 10.1. The largest absolute Gasteiger partial charge is 0.347 e. The van der Waals surface area contributed by atoms with Gasteiger partial charge in [-0.15, -0.1) is 0 Å². The Labute approximate surface area is 192 Å². The van der Waals surface area contributed by atoms with Crippen molar-refractivity contribution in [1.29, 1.82) is 0 Å². The van der Waals surface area contributed by atoms with E-state index in [2.05, 4.69) is 5.32 Å². The van der Waals surface area contributed by atoms with Gasteiger partial charge in [-0.1, -0.05) is 36.5 Å². The van der Waals surface area contributed by atoms with Crippen LogP contribution < -0.4 is 10.2 Å². The standard InChI is InChI=1S/C22H26Cl2N4O3/c1-4-5-14-26-21(30)27(18-12-8-16(24)9-13-18)19(22(26,2)3)28(31)20(29)25-17-10-6-15(23)7-11-17/h6-13,19,31H,4-5,14H2,1-3H3,(H,25,29). The molecular formula is C22H26Cl2N4O3. The highest BCUT2D eigenvalue weighted by Crippen LogP contribution is 2.38. The van der Waals surface area contributed by atoms with Crippen molar-refractivity contribution in [2.75, 3.05) is 16.8 Å². The molecule has 31 heavy (non-hydrogen) atoms. The molecule has 1 aliphatic heterocycles. The van der Waals surface area contributed by atoms with E-state index < -0.39 is 17.7 Å². The van der Waals surface area contributed by atoms with E-state index in [1.54, 1.807) is 53.4 Å². The Kier molecular flexibility index (Phi) is 6.99. The first-order valence-corrected chi connectivity index (χ1v) is 10.8. The summed E-state index contributed by atoms with van der Waals surface area (Å²) in [4.78, 5) is 29.4. The predicted octanol–water partition coefficient (Wildman–Crippen LogP) is 6.06. The minimum Gasteiger partial charge on any atom is -0.315 e. The number of benzene rings is 2. The van der Waals surface area contributed by atoms with Crippen LogP contribution in [0.5, 0.6) is 0 Å². The SMILES string of the molecule is CCCCN1C(=O)N(c2ccc(Cl)cc2)C(N(O)C(=O)Nc2ccc(Cl)cc2)C1(C)C. The van der Waals surface area contributed by atoms with Crippen LogP contribution >= 0.6 is 23.2 Å². The van der Waals surface area contributed by atoms with Crippen LogP contribution in [-0.4, -0.2) is 45.5 Å². The van der Waals surface area contributed by atoms with E-state index in [1.165, 1.54) is 4.90 Å². The fourth-order valence-electron chi connectivity index (χ4n) is 3.72. The number of hydroxylamine groups is 2. The van der Waals surface area contributed by atoms with Crippen LogP contribution in [0.2, 0.25) is 10.0 Å². The van der Waals surface area contributed by atoms with Gasteiger partial charge in [-0.3, -0.25) is 10.1 Å². The Balaban J connectivity index is 1.95. The van der Waals surface area contributed by atoms with Crippen LogP contribution in [0.15, 0.2) is 48.5 Å². The van der Waals surface area contributed by atoms with Crippen molar-refractivity contribution in [2.45, 2.75) is 45.3 Å². The fraction of sp³-hybridized carbons (Fsp3) is 0.364. The summed E-state index contributed by atoms with van der Waals surface area (Å²) in [5.74, 6) is 0. The van der Waals surface area contributed by atoms with Crippen LogP contribution in [0.3, 0.4) is 0 Å². The summed E-state index contributed by atoms with van der Waals surface area (Å²) in [6.07, 6.45) is 0.745. The van der Waals surface area contributed by atoms with Gasteiger partial charge in [0.1, 0.15) is 0 Å². The summed E-state index contributed by atoms with van der Waals surface area (Å²) < 4.78 is 0. The molecule has 0 spiro atoms. The first-order chi connectivity index (χ1) is 14.7. The van der Waals surface area contributed by atoms with E-state index in [4.69, 9.17) is 23.2 Å². The molecule has 3 rings (SSSR count). The molecule has 1 unspecified atom stereocenters. The number of anilines is 2. The lowest BCUT2D eigenvalue weighted by molar-refractivity contribution is -0.0949. The highest BCUT2D eigenvalue weighted by molar-refractivity contribution is 6.31. The van der Waals surface area contributed by atoms with E-state index in [0.717, 1.165) is 12.8 Å². The maximum Gasteiger partial charge on any atom is 0.347 e. The molecule has 2 aromatic carbocycles. The molecule has 4 amide bonds. The van der Waals surface area contributed by atoms with Gasteiger partial charge in [0.05, 0.1) is 5.54 Å². The van der Waals surface area contributed by atoms with E-state index in [-0.39, 0.29) is 6.03 Å². The van der Waals surface area contributed by atoms with Crippen molar-refractivity contribution >= 4 is 46.6 Å². The van der Waals surface area contributed by atoms with E-state index >= 15 is 0 Å². The number of amides is 4. The molecule has 0 bridgehead atoms. The average Bonchev–Trinajstić information content (AvgIpc) is 2.93. The molecule has 7 nitrogen and oxygen atoms in total. The quantitative estimate of drug-likeness (QED) is 0.402. The highest BCUT2D eigenvalue weighted by atomic mass is 35.5. The summed E-state index contributed by atoms with van der Waals surface area (Å²) in [5.41, 5.74) is 0.138. The van der Waals surface area contributed by atoms with Crippen molar-refractivity contribution in [3.63, 3.8) is 0 Å². The van der Waals surface area contributed by atoms with Crippen LogP contribution in [0.25, 0.3) is 0 Å². The molecule has 0 radical (unpaired) electrons. The van der Waals surface area contributed by atoms with E-state index in [1.807, 2.05) is 20.8 Å². The second kappa shape index (κ2) is 9.34. The Morgan fingerprint density at radius 1 is 1.10 bits per heavy atom. The van der Waals surface area contributed by atoms with Crippen molar-refractivity contribution in [2.24, 2.45) is 0 Å². The van der Waals surface area contributed by atoms with Crippen molar-refractivity contribution in [1.82, 2.24) is 9.96 Å². The third-order valence-corrected chi connectivity index (χ3v) is 5.89. The zero-order chi connectivity index (χ0) is 22.8. The third kappa shape index (κ3) is 4.74. The minimum absolute atomic E-state index is 0.288. The number of nitrogens with zero attached hydrogens (tertiary/aromatic N) is 3. The zero-order valence-corrected chi connectivity index (χ0v) is 19.2. The molecule has 1 aliphatic rings. The summed E-state index contributed by atoms with van der Waals surface area (Å²) in [5, 5.41) is 15.2. The molecule has 1 fully saturated rings. The number of unbranched alkanes of at least 4 members (excludes halogenated alkanes) is 1. The first kappa shape index (κ1) is 23.2. The lowest BCUT2D eigenvalue weighted by Gasteiger charge is -2.38. The van der Waals surface area contributed by atoms with Gasteiger partial charge < -0.3 is 10.2 Å². The molecular weight excluding hydrogens is 439 g/mol. The van der Waals surface area contributed by atoms with Gasteiger partial charge in [0.2, 0.25) is 0 Å². The summed E-state index contributed by atoms with van der Waals surface area (Å²) in [6, 6.07) is 12.2. The Hall–Kier alpha value is -2.48. The smallest absolute Gasteiger partial charge is 0.315 e. The van der Waals surface area contributed by atoms with Crippen LogP contribution in [0.1, 0.15) is 33.6 Å². The maximum absolute atomic E-state index is 13.4. The van der Waals surface area contributed by atoms with E-state index in [0.29, 0.717) is 33.0 Å².